The smallest absolute Gasteiger partial charge is 0.275 e. The maximum atomic E-state index is 14.0. The summed E-state index contributed by atoms with van der Waals surface area (Å²) in [5, 5.41) is 4.18. The summed E-state index contributed by atoms with van der Waals surface area (Å²) < 4.78 is 13.0. The number of methoxy groups -OCH3 is 1. The first-order chi connectivity index (χ1) is 16.4. The maximum absolute atomic E-state index is 14.0. The van der Waals surface area contributed by atoms with Crippen LogP contribution in [0.1, 0.15) is 50.0 Å². The van der Waals surface area contributed by atoms with Crippen molar-refractivity contribution in [3.63, 3.8) is 0 Å². The standard InChI is InChI=1S/C27H31N3O4/c1-4-34-21-13-10-20(11-14-21)30-25(31)24-15-18-9-12-22(33-3)16-23(18)29(24)17-27(30,2)26(32)28-19-7-5-6-8-19/h9-16,19H,4-8,17H2,1-3H3,(H,28,32)/t27-/m0/s1. The molecule has 2 amide bonds. The number of hydrogen-bond donors (Lipinski definition) is 1. The number of hydrogen-bond acceptors (Lipinski definition) is 4. The van der Waals surface area contributed by atoms with Gasteiger partial charge in [0.15, 0.2) is 0 Å². The largest absolute Gasteiger partial charge is 0.497 e. The van der Waals surface area contributed by atoms with Crippen LogP contribution in [0.25, 0.3) is 10.9 Å². The first-order valence-electron chi connectivity index (χ1n) is 12.0. The Labute approximate surface area is 199 Å². The van der Waals surface area contributed by atoms with E-state index in [0.29, 0.717) is 30.3 Å². The van der Waals surface area contributed by atoms with Gasteiger partial charge in [-0.3, -0.25) is 14.5 Å². The number of fused-ring (bicyclic) bond motifs is 3. The number of benzene rings is 2. The Morgan fingerprint density at radius 2 is 1.79 bits per heavy atom. The molecule has 34 heavy (non-hydrogen) atoms. The normalized spacial score (nSPS) is 20.4. The second kappa shape index (κ2) is 8.70. The third-order valence-electron chi connectivity index (χ3n) is 7.08. The van der Waals surface area contributed by atoms with Gasteiger partial charge in [-0.1, -0.05) is 12.8 Å². The average Bonchev–Trinajstić information content (AvgIpc) is 3.48. The number of nitrogens with one attached hydrogen (secondary N) is 1. The van der Waals surface area contributed by atoms with Gasteiger partial charge in [-0.15, -0.1) is 0 Å². The molecule has 1 aromatic heterocycles. The molecule has 0 unspecified atom stereocenters. The molecular formula is C27H31N3O4. The van der Waals surface area contributed by atoms with E-state index in [0.717, 1.165) is 42.3 Å². The van der Waals surface area contributed by atoms with Gasteiger partial charge in [-0.2, -0.15) is 0 Å². The summed E-state index contributed by atoms with van der Waals surface area (Å²) in [5.74, 6) is 1.12. The first kappa shape index (κ1) is 22.3. The maximum Gasteiger partial charge on any atom is 0.275 e. The van der Waals surface area contributed by atoms with E-state index < -0.39 is 5.54 Å². The van der Waals surface area contributed by atoms with Crippen molar-refractivity contribution in [2.24, 2.45) is 0 Å². The molecule has 0 bridgehead atoms. The summed E-state index contributed by atoms with van der Waals surface area (Å²) >= 11 is 0. The highest BCUT2D eigenvalue weighted by molar-refractivity contribution is 6.14. The molecule has 1 atom stereocenters. The quantitative estimate of drug-likeness (QED) is 0.586. The zero-order chi connectivity index (χ0) is 23.9. The molecule has 2 heterocycles. The Balaban J connectivity index is 1.61. The zero-order valence-corrected chi connectivity index (χ0v) is 20.0. The summed E-state index contributed by atoms with van der Waals surface area (Å²) in [6.45, 7) is 4.70. The predicted octanol–water partition coefficient (Wildman–Crippen LogP) is 4.53. The lowest BCUT2D eigenvalue weighted by Crippen LogP contribution is -2.65. The van der Waals surface area contributed by atoms with Gasteiger partial charge >= 0.3 is 0 Å². The van der Waals surface area contributed by atoms with Crippen LogP contribution < -0.4 is 19.7 Å². The number of amides is 2. The zero-order valence-electron chi connectivity index (χ0n) is 20.0. The topological polar surface area (TPSA) is 72.8 Å². The Kier molecular flexibility index (Phi) is 5.71. The van der Waals surface area contributed by atoms with Gasteiger partial charge in [-0.05, 0) is 69.2 Å². The monoisotopic (exact) mass is 461 g/mol. The lowest BCUT2D eigenvalue weighted by molar-refractivity contribution is -0.127. The van der Waals surface area contributed by atoms with Gasteiger partial charge in [0, 0.05) is 23.2 Å². The third-order valence-corrected chi connectivity index (χ3v) is 7.08. The highest BCUT2D eigenvalue weighted by atomic mass is 16.5. The van der Waals surface area contributed by atoms with Crippen LogP contribution in [0.3, 0.4) is 0 Å². The van der Waals surface area contributed by atoms with Crippen molar-refractivity contribution in [3.8, 4) is 11.5 Å². The molecule has 2 aliphatic rings. The second-order valence-electron chi connectivity index (χ2n) is 9.34. The number of carbonyl (C=O) groups is 2. The van der Waals surface area contributed by atoms with Crippen LogP contribution in [0.4, 0.5) is 5.69 Å². The minimum absolute atomic E-state index is 0.128. The van der Waals surface area contributed by atoms with E-state index in [4.69, 9.17) is 9.47 Å². The van der Waals surface area contributed by atoms with E-state index in [1.54, 1.807) is 12.0 Å². The summed E-state index contributed by atoms with van der Waals surface area (Å²) in [5.41, 5.74) is 1.01. The number of anilines is 1. The van der Waals surface area contributed by atoms with Crippen LogP contribution in [-0.4, -0.2) is 41.7 Å². The molecule has 0 spiro atoms. The van der Waals surface area contributed by atoms with Gasteiger partial charge in [0.1, 0.15) is 22.7 Å². The van der Waals surface area contributed by atoms with Gasteiger partial charge in [0.25, 0.3) is 5.91 Å². The molecular weight excluding hydrogens is 430 g/mol. The molecule has 1 saturated carbocycles. The third kappa shape index (κ3) is 3.69. The van der Waals surface area contributed by atoms with E-state index in [2.05, 4.69) is 5.32 Å². The minimum atomic E-state index is -1.10. The molecule has 0 radical (unpaired) electrons. The molecule has 0 saturated heterocycles. The van der Waals surface area contributed by atoms with Crippen molar-refractivity contribution in [2.75, 3.05) is 18.6 Å². The SMILES string of the molecule is CCOc1ccc(N2C(=O)c3cc4ccc(OC)cc4n3C[C@@]2(C)C(=O)NC2CCCC2)cc1. The van der Waals surface area contributed by atoms with Crippen molar-refractivity contribution in [1.82, 2.24) is 9.88 Å². The lowest BCUT2D eigenvalue weighted by atomic mass is 9.93. The Bertz CT molecular complexity index is 1230. The minimum Gasteiger partial charge on any atom is -0.497 e. The van der Waals surface area contributed by atoms with Gasteiger partial charge in [0.05, 0.1) is 25.8 Å². The fraction of sp³-hybridized carbons (Fsp3) is 0.407. The lowest BCUT2D eigenvalue weighted by Gasteiger charge is -2.44. The highest BCUT2D eigenvalue weighted by Crippen LogP contribution is 2.37. The Hall–Kier alpha value is -3.48. The molecule has 7 heteroatoms. The van der Waals surface area contributed by atoms with Crippen molar-refractivity contribution in [1.29, 1.82) is 0 Å². The average molecular weight is 462 g/mol. The van der Waals surface area contributed by atoms with Crippen molar-refractivity contribution >= 4 is 28.4 Å². The van der Waals surface area contributed by atoms with Crippen LogP contribution in [-0.2, 0) is 11.3 Å². The van der Waals surface area contributed by atoms with Crippen molar-refractivity contribution in [3.05, 3.63) is 54.2 Å². The van der Waals surface area contributed by atoms with Gasteiger partial charge in [0.2, 0.25) is 5.91 Å². The first-order valence-corrected chi connectivity index (χ1v) is 12.0. The second-order valence-corrected chi connectivity index (χ2v) is 9.34. The fourth-order valence-corrected chi connectivity index (χ4v) is 5.27. The van der Waals surface area contributed by atoms with Gasteiger partial charge in [-0.25, -0.2) is 0 Å². The molecule has 1 aliphatic heterocycles. The van der Waals surface area contributed by atoms with Gasteiger partial charge < -0.3 is 19.4 Å². The number of carbonyl (C=O) groups excluding carboxylic acids is 2. The highest BCUT2D eigenvalue weighted by Gasteiger charge is 2.49. The molecule has 1 aliphatic carbocycles. The van der Waals surface area contributed by atoms with E-state index in [1.807, 2.05) is 66.9 Å². The van der Waals surface area contributed by atoms with Crippen LogP contribution in [0, 0.1) is 0 Å². The van der Waals surface area contributed by atoms with E-state index in [-0.39, 0.29) is 17.9 Å². The van der Waals surface area contributed by atoms with Crippen LogP contribution in [0.2, 0.25) is 0 Å². The van der Waals surface area contributed by atoms with E-state index in [9.17, 15) is 9.59 Å². The number of ether oxygens (including phenoxy) is 2. The molecule has 1 fully saturated rings. The molecule has 178 valence electrons. The Morgan fingerprint density at radius 3 is 2.47 bits per heavy atom. The molecule has 1 N–H and O–H groups in total. The number of nitrogens with zero attached hydrogens (tertiary/aromatic N) is 2. The molecule has 7 nitrogen and oxygen atoms in total. The Morgan fingerprint density at radius 1 is 1.09 bits per heavy atom. The van der Waals surface area contributed by atoms with E-state index in [1.165, 1.54) is 0 Å². The van der Waals surface area contributed by atoms with E-state index >= 15 is 0 Å². The number of rotatable bonds is 6. The van der Waals surface area contributed by atoms with Crippen LogP contribution >= 0.6 is 0 Å². The van der Waals surface area contributed by atoms with Crippen LogP contribution in [0.5, 0.6) is 11.5 Å². The van der Waals surface area contributed by atoms with Crippen molar-refractivity contribution < 1.29 is 19.1 Å². The fourth-order valence-electron chi connectivity index (χ4n) is 5.27. The summed E-state index contributed by atoms with van der Waals surface area (Å²) in [6, 6.07) is 15.2. The van der Waals surface area contributed by atoms with Crippen molar-refractivity contribution in [2.45, 2.75) is 57.7 Å². The summed E-state index contributed by atoms with van der Waals surface area (Å²) in [4.78, 5) is 29.4. The summed E-state index contributed by atoms with van der Waals surface area (Å²) in [7, 11) is 1.62. The molecule has 3 aromatic rings. The summed E-state index contributed by atoms with van der Waals surface area (Å²) in [6.07, 6.45) is 4.20. The molecule has 2 aromatic carbocycles. The van der Waals surface area contributed by atoms with Crippen LogP contribution in [0.15, 0.2) is 48.5 Å². The molecule has 5 rings (SSSR count). The predicted molar refractivity (Wildman–Crippen MR) is 132 cm³/mol. The number of aromatic nitrogens is 1.